The van der Waals surface area contributed by atoms with E-state index in [1.54, 1.807) is 11.3 Å². The highest BCUT2D eigenvalue weighted by molar-refractivity contribution is 7.24. The van der Waals surface area contributed by atoms with Gasteiger partial charge in [0.2, 0.25) is 0 Å². The second-order valence-corrected chi connectivity index (χ2v) is 9.35. The molecule has 0 radical (unpaired) electrons. The maximum absolute atomic E-state index is 6.45. The second kappa shape index (κ2) is 7.65. The minimum absolute atomic E-state index is 0.861. The summed E-state index contributed by atoms with van der Waals surface area (Å²) in [6.07, 6.45) is 0. The Hall–Kier alpha value is -4.28. The molecule has 0 aliphatic carbocycles. The van der Waals surface area contributed by atoms with Crippen LogP contribution >= 0.6 is 11.3 Å². The van der Waals surface area contributed by atoms with Crippen LogP contribution in [0.25, 0.3) is 54.0 Å². The third-order valence-electron chi connectivity index (χ3n) is 6.20. The molecule has 0 spiro atoms. The van der Waals surface area contributed by atoms with Gasteiger partial charge in [0, 0.05) is 17.4 Å². The molecule has 0 aliphatic rings. The van der Waals surface area contributed by atoms with E-state index < -0.39 is 0 Å². The predicted molar refractivity (Wildman–Crippen MR) is 143 cm³/mol. The number of para-hydroxylation sites is 5. The van der Waals surface area contributed by atoms with Crippen molar-refractivity contribution >= 4 is 54.0 Å². The first-order valence-electron chi connectivity index (χ1n) is 11.3. The molecule has 2 aromatic heterocycles. The Balaban J connectivity index is 1.70. The standard InChI is InChI=1S/C30H20N2OS/c1-3-11-21(12-4-1)31-23-15-7-9-17-27(23)33-28-20-30-26(19-25(28)31)32(22-13-5-2-6-14-22)24-16-8-10-18-29(24)34-30/h1-20H. The van der Waals surface area contributed by atoms with E-state index in [4.69, 9.17) is 4.42 Å². The average molecular weight is 457 g/mol. The van der Waals surface area contributed by atoms with Crippen molar-refractivity contribution in [1.29, 1.82) is 0 Å². The van der Waals surface area contributed by atoms with Crippen molar-refractivity contribution in [2.24, 2.45) is 0 Å². The van der Waals surface area contributed by atoms with Crippen LogP contribution in [-0.4, -0.2) is 9.13 Å². The first-order chi connectivity index (χ1) is 16.9. The Labute approximate surface area is 200 Å². The van der Waals surface area contributed by atoms with Crippen LogP contribution in [0.15, 0.2) is 126 Å². The molecule has 4 heteroatoms. The predicted octanol–water partition coefficient (Wildman–Crippen LogP) is 8.66. The summed E-state index contributed by atoms with van der Waals surface area (Å²) in [5.74, 6) is 0. The molecule has 0 unspecified atom stereocenters. The quantitative estimate of drug-likeness (QED) is 0.239. The van der Waals surface area contributed by atoms with Crippen molar-refractivity contribution < 1.29 is 4.42 Å². The van der Waals surface area contributed by atoms with Gasteiger partial charge in [-0.2, -0.15) is 0 Å². The SMILES string of the molecule is c1ccc(-n2c3ccccc3oc3cc4sc5ccccc5n(-c5ccccc5)c4cc32)cc1. The van der Waals surface area contributed by atoms with Gasteiger partial charge in [-0.05, 0) is 54.6 Å². The molecule has 2 heterocycles. The lowest BCUT2D eigenvalue weighted by Gasteiger charge is -2.19. The molecule has 7 rings (SSSR count). The third-order valence-corrected chi connectivity index (χ3v) is 7.32. The van der Waals surface area contributed by atoms with Crippen molar-refractivity contribution in [2.45, 2.75) is 0 Å². The van der Waals surface area contributed by atoms with Crippen LogP contribution in [0.3, 0.4) is 0 Å². The van der Waals surface area contributed by atoms with Crippen LogP contribution in [0.2, 0.25) is 0 Å². The largest absolute Gasteiger partial charge is 0.453 e. The number of hydrogen-bond acceptors (Lipinski definition) is 2. The second-order valence-electron chi connectivity index (χ2n) is 8.27. The van der Waals surface area contributed by atoms with Gasteiger partial charge in [0.1, 0.15) is 0 Å². The summed E-state index contributed by atoms with van der Waals surface area (Å²) in [6.45, 7) is 0. The fraction of sp³-hybridized carbons (Fsp3) is 0. The van der Waals surface area contributed by atoms with Gasteiger partial charge in [-0.1, -0.05) is 60.7 Å². The first kappa shape index (κ1) is 19.2. The minimum Gasteiger partial charge on any atom is -0.453 e. The van der Waals surface area contributed by atoms with Gasteiger partial charge < -0.3 is 13.6 Å². The number of fused-ring (bicyclic) bond motifs is 4. The molecule has 0 fully saturated rings. The Morgan fingerprint density at radius 1 is 0.441 bits per heavy atom. The Bertz CT molecular complexity index is 1720. The van der Waals surface area contributed by atoms with E-state index in [0.29, 0.717) is 0 Å². The molecule has 0 saturated heterocycles. The Morgan fingerprint density at radius 2 is 1.03 bits per heavy atom. The lowest BCUT2D eigenvalue weighted by Crippen LogP contribution is -2.02. The lowest BCUT2D eigenvalue weighted by atomic mass is 10.2. The number of nitrogens with zero attached hydrogens (tertiary/aromatic N) is 2. The smallest absolute Gasteiger partial charge is 0.153 e. The highest BCUT2D eigenvalue weighted by Gasteiger charge is 2.15. The van der Waals surface area contributed by atoms with E-state index >= 15 is 0 Å². The Kier molecular flexibility index (Phi) is 4.32. The number of benzene rings is 5. The van der Waals surface area contributed by atoms with Crippen molar-refractivity contribution in [2.75, 3.05) is 0 Å². The van der Waals surface area contributed by atoms with Gasteiger partial charge in [0.15, 0.2) is 11.2 Å². The highest BCUT2D eigenvalue weighted by Crippen LogP contribution is 2.36. The molecular weight excluding hydrogens is 436 g/mol. The molecule has 162 valence electrons. The summed E-state index contributed by atoms with van der Waals surface area (Å²) in [7, 11) is 0. The van der Waals surface area contributed by atoms with Crippen molar-refractivity contribution in [1.82, 2.24) is 9.13 Å². The van der Waals surface area contributed by atoms with E-state index in [0.717, 1.165) is 39.1 Å². The zero-order valence-corrected chi connectivity index (χ0v) is 19.1. The molecule has 5 aromatic carbocycles. The highest BCUT2D eigenvalue weighted by atomic mass is 32.1. The summed E-state index contributed by atoms with van der Waals surface area (Å²) in [5.41, 5.74) is 8.38. The molecule has 3 nitrogen and oxygen atoms in total. The van der Waals surface area contributed by atoms with Gasteiger partial charge in [0.25, 0.3) is 0 Å². The van der Waals surface area contributed by atoms with Gasteiger partial charge in [-0.15, -0.1) is 11.3 Å². The van der Waals surface area contributed by atoms with E-state index in [9.17, 15) is 0 Å². The van der Waals surface area contributed by atoms with Gasteiger partial charge in [-0.25, -0.2) is 0 Å². The molecule has 0 bridgehead atoms. The topological polar surface area (TPSA) is 23.0 Å². The van der Waals surface area contributed by atoms with Crippen molar-refractivity contribution in [3.8, 4) is 11.4 Å². The van der Waals surface area contributed by atoms with Crippen molar-refractivity contribution in [3.05, 3.63) is 121 Å². The zero-order chi connectivity index (χ0) is 22.5. The van der Waals surface area contributed by atoms with Gasteiger partial charge in [0.05, 0.1) is 31.5 Å². The normalized spacial score (nSPS) is 11.5. The molecule has 0 saturated carbocycles. The molecule has 0 aliphatic heterocycles. The number of aromatic nitrogens is 2. The average Bonchev–Trinajstić information content (AvgIpc) is 2.90. The van der Waals surface area contributed by atoms with Gasteiger partial charge in [-0.3, -0.25) is 0 Å². The maximum Gasteiger partial charge on any atom is 0.153 e. The maximum atomic E-state index is 6.45. The van der Waals surface area contributed by atoms with Gasteiger partial charge >= 0.3 is 0 Å². The molecule has 0 amide bonds. The molecule has 0 atom stereocenters. The van der Waals surface area contributed by atoms with Crippen LogP contribution in [0.5, 0.6) is 0 Å². The van der Waals surface area contributed by atoms with Crippen LogP contribution in [0, 0.1) is 0 Å². The molecular formula is C30H20N2OS. The third kappa shape index (κ3) is 2.96. The Morgan fingerprint density at radius 3 is 1.76 bits per heavy atom. The summed E-state index contributed by atoms with van der Waals surface area (Å²) in [4.78, 5) is 0. The summed E-state index contributed by atoms with van der Waals surface area (Å²) in [6, 6.07) is 42.3. The number of hydrogen-bond donors (Lipinski definition) is 0. The zero-order valence-electron chi connectivity index (χ0n) is 18.3. The minimum atomic E-state index is 0.861. The number of rotatable bonds is 2. The summed E-state index contributed by atoms with van der Waals surface area (Å²) >= 11 is 1.79. The van der Waals surface area contributed by atoms with E-state index in [1.807, 2.05) is 18.2 Å². The van der Waals surface area contributed by atoms with E-state index in [1.165, 1.54) is 14.9 Å². The van der Waals surface area contributed by atoms with Crippen LogP contribution in [0.4, 0.5) is 0 Å². The molecule has 0 N–H and O–H groups in total. The van der Waals surface area contributed by atoms with Crippen molar-refractivity contribution in [3.63, 3.8) is 0 Å². The molecule has 7 aromatic rings. The molecule has 34 heavy (non-hydrogen) atoms. The summed E-state index contributed by atoms with van der Waals surface area (Å²) in [5, 5.41) is 0. The summed E-state index contributed by atoms with van der Waals surface area (Å²) < 4.78 is 13.5. The van der Waals surface area contributed by atoms with Crippen LogP contribution < -0.4 is 0 Å². The lowest BCUT2D eigenvalue weighted by molar-refractivity contribution is 0.654. The van der Waals surface area contributed by atoms with E-state index in [-0.39, 0.29) is 0 Å². The fourth-order valence-electron chi connectivity index (χ4n) is 4.72. The van der Waals surface area contributed by atoms with Crippen LogP contribution in [-0.2, 0) is 0 Å². The van der Waals surface area contributed by atoms with E-state index in [2.05, 4.69) is 112 Å². The monoisotopic (exact) mass is 456 g/mol. The fourth-order valence-corrected chi connectivity index (χ4v) is 5.78. The van der Waals surface area contributed by atoms with Crippen LogP contribution in [0.1, 0.15) is 0 Å². The first-order valence-corrected chi connectivity index (χ1v) is 12.1.